The number of nitrogens with zero attached hydrogens (tertiary/aromatic N) is 1. The predicted molar refractivity (Wildman–Crippen MR) is 69.9 cm³/mol. The number of fused-ring (bicyclic) bond motifs is 3. The van der Waals surface area contributed by atoms with Crippen LogP contribution in [0.5, 0.6) is 0 Å². The molecule has 0 N–H and O–H groups in total. The van der Waals surface area contributed by atoms with E-state index < -0.39 is 15.9 Å². The Bertz CT molecular complexity index is 645. The second kappa shape index (κ2) is 3.85. The zero-order chi connectivity index (χ0) is 12.9. The predicted octanol–water partition coefficient (Wildman–Crippen LogP) is 2.63. The van der Waals surface area contributed by atoms with Gasteiger partial charge in [-0.05, 0) is 31.5 Å². The maximum atomic E-state index is 12.2. The summed E-state index contributed by atoms with van der Waals surface area (Å²) in [5.41, 5.74) is 3.71. The molecule has 1 atom stereocenters. The van der Waals surface area contributed by atoms with Crippen LogP contribution < -0.4 is 0 Å². The molecule has 0 amide bonds. The topological polar surface area (TPSA) is 47.0 Å². The lowest BCUT2D eigenvalue weighted by Gasteiger charge is -2.18. The standard InChI is InChI=1S/C14H11NO2S/c1-8-3-5-10-11-6-4-9(2)15-13(11)14(16)18(17)12(10)7-8/h3-7H,1-2H3. The summed E-state index contributed by atoms with van der Waals surface area (Å²) < 4.78 is 12.2. The van der Waals surface area contributed by atoms with Gasteiger partial charge in [0.1, 0.15) is 16.5 Å². The second-order valence-electron chi connectivity index (χ2n) is 4.40. The van der Waals surface area contributed by atoms with Crippen LogP contribution in [0.3, 0.4) is 0 Å². The maximum Gasteiger partial charge on any atom is 0.272 e. The summed E-state index contributed by atoms with van der Waals surface area (Å²) in [7, 11) is -1.64. The Labute approximate surface area is 107 Å². The molecule has 90 valence electrons. The van der Waals surface area contributed by atoms with Gasteiger partial charge >= 0.3 is 0 Å². The van der Waals surface area contributed by atoms with E-state index in [0.717, 1.165) is 22.4 Å². The Morgan fingerprint density at radius 3 is 2.56 bits per heavy atom. The average Bonchev–Trinajstić information content (AvgIpc) is 2.36. The first kappa shape index (κ1) is 11.3. The molecule has 0 aliphatic carbocycles. The molecule has 2 heterocycles. The highest BCUT2D eigenvalue weighted by Gasteiger charge is 2.30. The van der Waals surface area contributed by atoms with E-state index in [1.165, 1.54) is 0 Å². The van der Waals surface area contributed by atoms with Crippen molar-refractivity contribution < 1.29 is 9.00 Å². The van der Waals surface area contributed by atoms with Gasteiger partial charge in [-0.2, -0.15) is 0 Å². The Hall–Kier alpha value is -1.81. The summed E-state index contributed by atoms with van der Waals surface area (Å²) in [4.78, 5) is 16.9. The molecule has 0 saturated heterocycles. The Balaban J connectivity index is 2.38. The minimum absolute atomic E-state index is 0.324. The number of aryl methyl sites for hydroxylation is 2. The molecule has 0 fully saturated rings. The molecule has 18 heavy (non-hydrogen) atoms. The Morgan fingerprint density at radius 2 is 1.78 bits per heavy atom. The highest BCUT2D eigenvalue weighted by atomic mass is 32.2. The lowest BCUT2D eigenvalue weighted by Crippen LogP contribution is -2.18. The van der Waals surface area contributed by atoms with Crippen molar-refractivity contribution in [3.63, 3.8) is 0 Å². The Kier molecular flexibility index (Phi) is 2.41. The van der Waals surface area contributed by atoms with Crippen LogP contribution in [0.1, 0.15) is 21.7 Å². The van der Waals surface area contributed by atoms with E-state index in [2.05, 4.69) is 4.98 Å². The smallest absolute Gasteiger partial charge is 0.272 e. The third kappa shape index (κ3) is 1.53. The van der Waals surface area contributed by atoms with Crippen molar-refractivity contribution in [3.8, 4) is 11.1 Å². The van der Waals surface area contributed by atoms with Crippen molar-refractivity contribution >= 4 is 15.9 Å². The highest BCUT2D eigenvalue weighted by molar-refractivity contribution is 8.01. The van der Waals surface area contributed by atoms with E-state index in [1.807, 2.05) is 44.2 Å². The van der Waals surface area contributed by atoms with Crippen molar-refractivity contribution in [2.75, 3.05) is 0 Å². The van der Waals surface area contributed by atoms with Crippen molar-refractivity contribution in [2.45, 2.75) is 18.7 Å². The lowest BCUT2D eigenvalue weighted by molar-refractivity contribution is 0.107. The summed E-state index contributed by atoms with van der Waals surface area (Å²) in [6, 6.07) is 9.41. The Morgan fingerprint density at radius 1 is 1.06 bits per heavy atom. The number of aromatic nitrogens is 1. The second-order valence-corrected chi connectivity index (χ2v) is 5.75. The highest BCUT2D eigenvalue weighted by Crippen LogP contribution is 2.35. The molecule has 1 aliphatic rings. The molecule has 1 unspecified atom stereocenters. The number of carbonyl (C=O) groups is 1. The normalized spacial score (nSPS) is 17.2. The van der Waals surface area contributed by atoms with Gasteiger partial charge < -0.3 is 0 Å². The number of hydrogen-bond acceptors (Lipinski definition) is 3. The van der Waals surface area contributed by atoms with Crippen molar-refractivity contribution in [1.29, 1.82) is 0 Å². The monoisotopic (exact) mass is 257 g/mol. The molecule has 0 bridgehead atoms. The van der Waals surface area contributed by atoms with Gasteiger partial charge in [0.25, 0.3) is 5.12 Å². The molecule has 0 saturated carbocycles. The fourth-order valence-corrected chi connectivity index (χ4v) is 3.32. The van der Waals surface area contributed by atoms with E-state index in [0.29, 0.717) is 10.6 Å². The molecule has 1 aromatic heterocycles. The van der Waals surface area contributed by atoms with Gasteiger partial charge in [-0.3, -0.25) is 4.79 Å². The summed E-state index contributed by atoms with van der Waals surface area (Å²) in [5.74, 6) is 0. The van der Waals surface area contributed by atoms with Crippen LogP contribution in [-0.4, -0.2) is 14.3 Å². The zero-order valence-corrected chi connectivity index (χ0v) is 10.9. The van der Waals surface area contributed by atoms with Crippen LogP contribution >= 0.6 is 0 Å². The average molecular weight is 257 g/mol. The number of hydrogen-bond donors (Lipinski definition) is 0. The van der Waals surface area contributed by atoms with Crippen LogP contribution in [0.4, 0.5) is 0 Å². The lowest BCUT2D eigenvalue weighted by atomic mass is 10.0. The molecule has 2 aromatic rings. The summed E-state index contributed by atoms with van der Waals surface area (Å²) >= 11 is 0. The van der Waals surface area contributed by atoms with Gasteiger partial charge in [0.2, 0.25) is 0 Å². The fraction of sp³-hybridized carbons (Fsp3) is 0.143. The van der Waals surface area contributed by atoms with Gasteiger partial charge in [0.15, 0.2) is 0 Å². The van der Waals surface area contributed by atoms with Crippen molar-refractivity contribution in [1.82, 2.24) is 4.98 Å². The third-order valence-electron chi connectivity index (χ3n) is 3.02. The largest absolute Gasteiger partial charge is 0.277 e. The van der Waals surface area contributed by atoms with Crippen LogP contribution in [0, 0.1) is 13.8 Å². The molecular formula is C14H11NO2S. The van der Waals surface area contributed by atoms with E-state index in [-0.39, 0.29) is 0 Å². The van der Waals surface area contributed by atoms with Crippen LogP contribution in [0.2, 0.25) is 0 Å². The van der Waals surface area contributed by atoms with Gasteiger partial charge in [-0.15, -0.1) is 0 Å². The fourth-order valence-electron chi connectivity index (χ4n) is 2.12. The first-order valence-electron chi connectivity index (χ1n) is 5.62. The SMILES string of the molecule is Cc1ccc2c(c1)S(=O)C(=O)c1nc(C)ccc1-2. The third-order valence-corrected chi connectivity index (χ3v) is 4.29. The van der Waals surface area contributed by atoms with E-state index in [9.17, 15) is 9.00 Å². The van der Waals surface area contributed by atoms with Crippen LogP contribution in [-0.2, 0) is 10.8 Å². The number of carbonyl (C=O) groups excluding carboxylic acids is 1. The molecule has 3 rings (SSSR count). The summed E-state index contributed by atoms with van der Waals surface area (Å²) in [6.07, 6.45) is 0. The van der Waals surface area contributed by atoms with Gasteiger partial charge in [-0.1, -0.05) is 18.2 Å². The molecule has 1 aromatic carbocycles. The maximum absolute atomic E-state index is 12.2. The van der Waals surface area contributed by atoms with Gasteiger partial charge in [0, 0.05) is 16.8 Å². The molecule has 0 radical (unpaired) electrons. The summed E-state index contributed by atoms with van der Waals surface area (Å²) in [6.45, 7) is 3.74. The minimum atomic E-state index is -1.64. The van der Waals surface area contributed by atoms with Crippen LogP contribution in [0.15, 0.2) is 35.2 Å². The first-order valence-corrected chi connectivity index (χ1v) is 6.77. The number of pyridine rings is 1. The van der Waals surface area contributed by atoms with E-state index in [4.69, 9.17) is 0 Å². The van der Waals surface area contributed by atoms with Gasteiger partial charge in [0.05, 0.1) is 4.90 Å². The van der Waals surface area contributed by atoms with Crippen LogP contribution in [0.25, 0.3) is 11.1 Å². The summed E-state index contributed by atoms with van der Waals surface area (Å²) in [5, 5.41) is -0.396. The first-order chi connectivity index (χ1) is 8.58. The molecular weight excluding hydrogens is 246 g/mol. The number of benzene rings is 1. The van der Waals surface area contributed by atoms with Crippen molar-refractivity contribution in [3.05, 3.63) is 47.3 Å². The van der Waals surface area contributed by atoms with E-state index >= 15 is 0 Å². The van der Waals surface area contributed by atoms with Crippen molar-refractivity contribution in [2.24, 2.45) is 0 Å². The molecule has 3 nitrogen and oxygen atoms in total. The quantitative estimate of drug-likeness (QED) is 0.729. The zero-order valence-electron chi connectivity index (χ0n) is 10.1. The molecule has 4 heteroatoms. The van der Waals surface area contributed by atoms with Gasteiger partial charge in [-0.25, -0.2) is 9.19 Å². The number of rotatable bonds is 0. The minimum Gasteiger partial charge on any atom is -0.277 e. The van der Waals surface area contributed by atoms with E-state index in [1.54, 1.807) is 0 Å². The molecule has 0 spiro atoms. The molecule has 1 aliphatic heterocycles.